The Morgan fingerprint density at radius 2 is 1.72 bits per heavy atom. The summed E-state index contributed by atoms with van der Waals surface area (Å²) in [5, 5.41) is 5.56. The Bertz CT molecular complexity index is 1090. The number of para-hydroxylation sites is 2. The van der Waals surface area contributed by atoms with Crippen molar-refractivity contribution in [3.63, 3.8) is 0 Å². The van der Waals surface area contributed by atoms with E-state index in [0.717, 1.165) is 11.1 Å². The van der Waals surface area contributed by atoms with Crippen LogP contribution in [0.3, 0.4) is 0 Å². The van der Waals surface area contributed by atoms with Crippen molar-refractivity contribution in [3.05, 3.63) is 101 Å². The molecule has 0 atom stereocenters. The van der Waals surface area contributed by atoms with Crippen LogP contribution in [0.5, 0.6) is 5.75 Å². The second kappa shape index (κ2) is 7.98. The van der Waals surface area contributed by atoms with Crippen LogP contribution in [0.2, 0.25) is 0 Å². The highest BCUT2D eigenvalue weighted by atomic mass is 19.1. The van der Waals surface area contributed by atoms with Crippen LogP contribution in [0.1, 0.15) is 21.5 Å². The van der Waals surface area contributed by atoms with Gasteiger partial charge in [0.2, 0.25) is 0 Å². The molecule has 1 heterocycles. The number of carbonyl (C=O) groups is 2. The molecule has 0 fully saturated rings. The maximum absolute atomic E-state index is 12.9. The minimum Gasteiger partial charge on any atom is -0.449 e. The van der Waals surface area contributed by atoms with Crippen molar-refractivity contribution in [2.75, 3.05) is 5.32 Å². The van der Waals surface area contributed by atoms with E-state index >= 15 is 0 Å². The molecule has 0 saturated heterocycles. The maximum atomic E-state index is 12.9. The van der Waals surface area contributed by atoms with Crippen molar-refractivity contribution >= 4 is 23.6 Å². The van der Waals surface area contributed by atoms with Crippen LogP contribution in [-0.4, -0.2) is 11.8 Å². The van der Waals surface area contributed by atoms with Gasteiger partial charge in [-0.3, -0.25) is 9.59 Å². The SMILES string of the molecule is O=C1Nc2ccccc2OC1=Cc1ccc(C(=O)NCc2ccc(F)cc2)cc1. The molecular weight excluding hydrogens is 371 g/mol. The number of hydrogen-bond acceptors (Lipinski definition) is 3. The van der Waals surface area contributed by atoms with Gasteiger partial charge in [-0.2, -0.15) is 0 Å². The molecular formula is C23H17FN2O3. The number of amides is 2. The van der Waals surface area contributed by atoms with Crippen LogP contribution in [0.25, 0.3) is 6.08 Å². The van der Waals surface area contributed by atoms with Crippen LogP contribution in [0.15, 0.2) is 78.6 Å². The molecule has 0 aliphatic carbocycles. The molecule has 0 radical (unpaired) electrons. The number of anilines is 1. The molecule has 0 unspecified atom stereocenters. The van der Waals surface area contributed by atoms with E-state index < -0.39 is 0 Å². The lowest BCUT2D eigenvalue weighted by molar-refractivity contribution is -0.115. The molecule has 0 saturated carbocycles. The number of benzene rings is 3. The van der Waals surface area contributed by atoms with Crippen LogP contribution in [-0.2, 0) is 11.3 Å². The van der Waals surface area contributed by atoms with Crippen molar-refractivity contribution in [1.82, 2.24) is 5.32 Å². The molecule has 2 amide bonds. The Balaban J connectivity index is 1.42. The zero-order valence-electron chi connectivity index (χ0n) is 15.3. The smallest absolute Gasteiger partial charge is 0.291 e. The summed E-state index contributed by atoms with van der Waals surface area (Å²) in [6, 6.07) is 19.9. The fraction of sp³-hybridized carbons (Fsp3) is 0.0435. The molecule has 4 rings (SSSR count). The van der Waals surface area contributed by atoms with E-state index in [4.69, 9.17) is 4.74 Å². The highest BCUT2D eigenvalue weighted by Crippen LogP contribution is 2.30. The first-order valence-corrected chi connectivity index (χ1v) is 9.01. The first-order chi connectivity index (χ1) is 14.1. The van der Waals surface area contributed by atoms with E-state index in [1.165, 1.54) is 12.1 Å². The highest BCUT2D eigenvalue weighted by molar-refractivity contribution is 6.08. The van der Waals surface area contributed by atoms with Gasteiger partial charge in [-0.05, 0) is 53.6 Å². The number of hydrogen-bond donors (Lipinski definition) is 2. The summed E-state index contributed by atoms with van der Waals surface area (Å²) < 4.78 is 18.6. The second-order valence-corrected chi connectivity index (χ2v) is 6.49. The van der Waals surface area contributed by atoms with Crippen molar-refractivity contribution in [1.29, 1.82) is 0 Å². The lowest BCUT2D eigenvalue weighted by Crippen LogP contribution is -2.23. The largest absolute Gasteiger partial charge is 0.449 e. The zero-order chi connectivity index (χ0) is 20.2. The molecule has 5 nitrogen and oxygen atoms in total. The molecule has 3 aromatic carbocycles. The van der Waals surface area contributed by atoms with Gasteiger partial charge in [0.25, 0.3) is 11.8 Å². The molecule has 144 valence electrons. The van der Waals surface area contributed by atoms with Crippen LogP contribution in [0, 0.1) is 5.82 Å². The Hall–Kier alpha value is -3.93. The van der Waals surface area contributed by atoms with Gasteiger partial charge >= 0.3 is 0 Å². The van der Waals surface area contributed by atoms with E-state index in [1.807, 2.05) is 12.1 Å². The maximum Gasteiger partial charge on any atom is 0.291 e. The highest BCUT2D eigenvalue weighted by Gasteiger charge is 2.21. The number of carbonyl (C=O) groups excluding carboxylic acids is 2. The molecule has 1 aliphatic heterocycles. The van der Waals surface area contributed by atoms with Crippen molar-refractivity contribution in [3.8, 4) is 5.75 Å². The standard InChI is InChI=1S/C23H17FN2O3/c24-18-11-7-16(8-12-18)14-25-22(27)17-9-5-15(6-10-17)13-21-23(28)26-19-3-1-2-4-20(19)29-21/h1-13H,14H2,(H,25,27)(H,26,28). The Labute approximate surface area is 166 Å². The summed E-state index contributed by atoms with van der Waals surface area (Å²) >= 11 is 0. The van der Waals surface area contributed by atoms with Crippen molar-refractivity contribution < 1.29 is 18.7 Å². The van der Waals surface area contributed by atoms with Gasteiger partial charge in [-0.25, -0.2) is 4.39 Å². The summed E-state index contributed by atoms with van der Waals surface area (Å²) in [7, 11) is 0. The van der Waals surface area contributed by atoms with Gasteiger partial charge in [-0.15, -0.1) is 0 Å². The lowest BCUT2D eigenvalue weighted by atomic mass is 10.1. The first-order valence-electron chi connectivity index (χ1n) is 9.01. The number of fused-ring (bicyclic) bond motifs is 1. The molecule has 1 aliphatic rings. The second-order valence-electron chi connectivity index (χ2n) is 6.49. The van der Waals surface area contributed by atoms with Gasteiger partial charge in [-0.1, -0.05) is 36.4 Å². The predicted molar refractivity (Wildman–Crippen MR) is 108 cm³/mol. The Morgan fingerprint density at radius 1 is 1.00 bits per heavy atom. The van der Waals surface area contributed by atoms with E-state index in [1.54, 1.807) is 54.6 Å². The number of nitrogens with one attached hydrogen (secondary N) is 2. The van der Waals surface area contributed by atoms with E-state index in [0.29, 0.717) is 23.5 Å². The molecule has 0 spiro atoms. The first kappa shape index (κ1) is 18.4. The third-order valence-electron chi connectivity index (χ3n) is 4.42. The van der Waals surface area contributed by atoms with Gasteiger partial charge < -0.3 is 15.4 Å². The fourth-order valence-electron chi connectivity index (χ4n) is 2.87. The fourth-order valence-corrected chi connectivity index (χ4v) is 2.87. The van der Waals surface area contributed by atoms with Gasteiger partial charge in [0.1, 0.15) is 5.82 Å². The van der Waals surface area contributed by atoms with Crippen LogP contribution in [0.4, 0.5) is 10.1 Å². The number of rotatable bonds is 4. The summed E-state index contributed by atoms with van der Waals surface area (Å²) in [5.41, 5.74) is 2.64. The van der Waals surface area contributed by atoms with Gasteiger partial charge in [0.05, 0.1) is 5.69 Å². The Kier molecular flexibility index (Phi) is 5.07. The summed E-state index contributed by atoms with van der Waals surface area (Å²) in [6.07, 6.45) is 1.62. The van der Waals surface area contributed by atoms with E-state index in [9.17, 15) is 14.0 Å². The van der Waals surface area contributed by atoms with Crippen LogP contribution < -0.4 is 15.4 Å². The summed E-state index contributed by atoms with van der Waals surface area (Å²) in [5.74, 6) is -0.129. The summed E-state index contributed by atoms with van der Waals surface area (Å²) in [4.78, 5) is 24.5. The summed E-state index contributed by atoms with van der Waals surface area (Å²) in [6.45, 7) is 0.304. The van der Waals surface area contributed by atoms with Crippen molar-refractivity contribution in [2.45, 2.75) is 6.54 Å². The normalized spacial score (nSPS) is 14.0. The van der Waals surface area contributed by atoms with E-state index in [-0.39, 0.29) is 23.4 Å². The predicted octanol–water partition coefficient (Wildman–Crippen LogP) is 4.13. The number of ether oxygens (including phenoxy) is 1. The Morgan fingerprint density at radius 3 is 2.48 bits per heavy atom. The number of halogens is 1. The lowest BCUT2D eigenvalue weighted by Gasteiger charge is -2.19. The van der Waals surface area contributed by atoms with Crippen LogP contribution >= 0.6 is 0 Å². The zero-order valence-corrected chi connectivity index (χ0v) is 15.3. The average molecular weight is 388 g/mol. The molecule has 29 heavy (non-hydrogen) atoms. The molecule has 0 aromatic heterocycles. The third kappa shape index (κ3) is 4.32. The quantitative estimate of drug-likeness (QED) is 0.661. The monoisotopic (exact) mass is 388 g/mol. The molecule has 6 heteroatoms. The van der Waals surface area contributed by atoms with E-state index in [2.05, 4.69) is 10.6 Å². The minimum atomic E-state index is -0.329. The minimum absolute atomic E-state index is 0.178. The molecule has 2 N–H and O–H groups in total. The topological polar surface area (TPSA) is 67.4 Å². The van der Waals surface area contributed by atoms with Gasteiger partial charge in [0, 0.05) is 12.1 Å². The average Bonchev–Trinajstić information content (AvgIpc) is 2.74. The van der Waals surface area contributed by atoms with Gasteiger partial charge in [0.15, 0.2) is 11.5 Å². The molecule has 0 bridgehead atoms. The third-order valence-corrected chi connectivity index (χ3v) is 4.42. The van der Waals surface area contributed by atoms with Crippen molar-refractivity contribution in [2.24, 2.45) is 0 Å². The molecule has 3 aromatic rings.